The Kier molecular flexibility index (Phi) is 6.60. The molecule has 0 aliphatic heterocycles. The Morgan fingerprint density at radius 1 is 1.07 bits per heavy atom. The van der Waals surface area contributed by atoms with Crippen LogP contribution in [0, 0.1) is 6.92 Å². The molecule has 2 aromatic rings. The van der Waals surface area contributed by atoms with E-state index >= 15 is 0 Å². The van der Waals surface area contributed by atoms with Gasteiger partial charge in [0.2, 0.25) is 5.91 Å². The molecule has 1 N–H and O–H groups in total. The number of nitrogens with zero attached hydrogens (tertiary/aromatic N) is 1. The highest BCUT2D eigenvalue weighted by molar-refractivity contribution is 5.92. The zero-order chi connectivity index (χ0) is 20.0. The minimum Gasteiger partial charge on any atom is -0.331 e. The zero-order valence-corrected chi connectivity index (χ0v) is 15.1. The van der Waals surface area contributed by atoms with E-state index in [4.69, 9.17) is 0 Å². The van der Waals surface area contributed by atoms with Gasteiger partial charge in [-0.25, -0.2) is 0 Å². The number of amides is 2. The lowest BCUT2D eigenvalue weighted by Crippen LogP contribution is -2.40. The molecule has 144 valence electrons. The monoisotopic (exact) mass is 378 g/mol. The Balaban J connectivity index is 2.05. The molecule has 4 nitrogen and oxygen atoms in total. The van der Waals surface area contributed by atoms with Crippen molar-refractivity contribution in [3.8, 4) is 0 Å². The summed E-state index contributed by atoms with van der Waals surface area (Å²) in [7, 11) is 0. The van der Waals surface area contributed by atoms with Crippen molar-refractivity contribution in [1.82, 2.24) is 4.90 Å². The molecule has 0 bridgehead atoms. The fourth-order valence-corrected chi connectivity index (χ4v) is 2.66. The number of hydrogen-bond acceptors (Lipinski definition) is 2. The molecular weight excluding hydrogens is 357 g/mol. The number of hydrogen-bond donors (Lipinski definition) is 1. The van der Waals surface area contributed by atoms with E-state index in [0.29, 0.717) is 16.2 Å². The molecule has 0 fully saturated rings. The molecule has 2 aromatic carbocycles. The smallest absolute Gasteiger partial charge is 0.331 e. The predicted molar refractivity (Wildman–Crippen MR) is 97.1 cm³/mol. The number of alkyl halides is 3. The number of aryl methyl sites for hydroxylation is 1. The average molecular weight is 378 g/mol. The predicted octanol–water partition coefficient (Wildman–Crippen LogP) is 4.09. The lowest BCUT2D eigenvalue weighted by molar-refractivity contribution is -0.185. The first-order valence-electron chi connectivity index (χ1n) is 8.50. The van der Waals surface area contributed by atoms with Crippen molar-refractivity contribution in [3.05, 3.63) is 65.2 Å². The molecule has 0 heterocycles. The number of carbonyl (C=O) groups is 2. The standard InChI is InChI=1S/C20H21F3N2O2/c1-3-25(19(27)20(21,22)23)13-15-8-6-10-17(11-15)24-18(26)12-16-9-5-4-7-14(16)2/h4-11H,3,12-13H2,1-2H3,(H,24,26). The number of halogens is 3. The molecule has 0 spiro atoms. The van der Waals surface area contributed by atoms with Gasteiger partial charge in [0.15, 0.2) is 0 Å². The Hall–Kier alpha value is -2.83. The zero-order valence-electron chi connectivity index (χ0n) is 15.1. The Labute approximate surface area is 156 Å². The van der Waals surface area contributed by atoms with Crippen molar-refractivity contribution < 1.29 is 22.8 Å². The number of anilines is 1. The van der Waals surface area contributed by atoms with Crippen LogP contribution in [0.15, 0.2) is 48.5 Å². The molecule has 2 amide bonds. The van der Waals surface area contributed by atoms with E-state index in [-0.39, 0.29) is 25.4 Å². The molecular formula is C20H21F3N2O2. The Morgan fingerprint density at radius 2 is 1.78 bits per heavy atom. The molecule has 0 aliphatic carbocycles. The normalized spacial score (nSPS) is 11.1. The fraction of sp³-hybridized carbons (Fsp3) is 0.300. The summed E-state index contributed by atoms with van der Waals surface area (Å²) in [4.78, 5) is 24.4. The summed E-state index contributed by atoms with van der Waals surface area (Å²) in [5, 5.41) is 2.74. The maximum Gasteiger partial charge on any atom is 0.471 e. The van der Waals surface area contributed by atoms with Gasteiger partial charge in [0.1, 0.15) is 0 Å². The minimum absolute atomic E-state index is 0.0672. The molecule has 2 rings (SSSR count). The van der Waals surface area contributed by atoms with Crippen molar-refractivity contribution >= 4 is 17.5 Å². The summed E-state index contributed by atoms with van der Waals surface area (Å²) in [6.45, 7) is 3.15. The Morgan fingerprint density at radius 3 is 2.41 bits per heavy atom. The van der Waals surface area contributed by atoms with Gasteiger partial charge in [-0.05, 0) is 42.7 Å². The lowest BCUT2D eigenvalue weighted by atomic mass is 10.1. The molecule has 27 heavy (non-hydrogen) atoms. The van der Waals surface area contributed by atoms with Gasteiger partial charge in [-0.15, -0.1) is 0 Å². The first-order chi connectivity index (χ1) is 12.7. The van der Waals surface area contributed by atoms with Crippen molar-refractivity contribution in [2.45, 2.75) is 33.0 Å². The van der Waals surface area contributed by atoms with Crippen LogP contribution >= 0.6 is 0 Å². The number of nitrogens with one attached hydrogen (secondary N) is 1. The van der Waals surface area contributed by atoms with E-state index in [9.17, 15) is 22.8 Å². The molecule has 0 saturated carbocycles. The third kappa shape index (κ3) is 5.84. The molecule has 0 aromatic heterocycles. The van der Waals surface area contributed by atoms with E-state index in [1.807, 2.05) is 31.2 Å². The average Bonchev–Trinajstić information content (AvgIpc) is 2.60. The van der Waals surface area contributed by atoms with Crippen LogP contribution in [0.1, 0.15) is 23.6 Å². The van der Waals surface area contributed by atoms with Gasteiger partial charge in [0.25, 0.3) is 0 Å². The number of carbonyl (C=O) groups excluding carboxylic acids is 2. The topological polar surface area (TPSA) is 49.4 Å². The van der Waals surface area contributed by atoms with Crippen LogP contribution in [0.25, 0.3) is 0 Å². The second-order valence-corrected chi connectivity index (χ2v) is 6.17. The van der Waals surface area contributed by atoms with Crippen LogP contribution in [0.2, 0.25) is 0 Å². The van der Waals surface area contributed by atoms with Crippen LogP contribution in [-0.4, -0.2) is 29.4 Å². The summed E-state index contributed by atoms with van der Waals surface area (Å²) >= 11 is 0. The summed E-state index contributed by atoms with van der Waals surface area (Å²) < 4.78 is 37.9. The highest BCUT2D eigenvalue weighted by Gasteiger charge is 2.41. The second kappa shape index (κ2) is 8.70. The number of rotatable bonds is 6. The Bertz CT molecular complexity index is 819. The fourth-order valence-electron chi connectivity index (χ4n) is 2.66. The van der Waals surface area contributed by atoms with Gasteiger partial charge in [-0.1, -0.05) is 36.4 Å². The van der Waals surface area contributed by atoms with E-state index < -0.39 is 12.1 Å². The van der Waals surface area contributed by atoms with Crippen molar-refractivity contribution in [3.63, 3.8) is 0 Å². The maximum absolute atomic E-state index is 12.6. The largest absolute Gasteiger partial charge is 0.471 e. The molecule has 0 unspecified atom stereocenters. The summed E-state index contributed by atoms with van der Waals surface area (Å²) in [5.74, 6) is -2.10. The van der Waals surface area contributed by atoms with E-state index in [2.05, 4.69) is 5.32 Å². The molecule has 0 saturated heterocycles. The SMILES string of the molecule is CCN(Cc1cccc(NC(=O)Cc2ccccc2C)c1)C(=O)C(F)(F)F. The van der Waals surface area contributed by atoms with Crippen LogP contribution in [0.4, 0.5) is 18.9 Å². The van der Waals surface area contributed by atoms with E-state index in [1.54, 1.807) is 24.3 Å². The highest BCUT2D eigenvalue weighted by atomic mass is 19.4. The third-order valence-electron chi connectivity index (χ3n) is 4.11. The van der Waals surface area contributed by atoms with Gasteiger partial charge in [-0.2, -0.15) is 13.2 Å². The van der Waals surface area contributed by atoms with Gasteiger partial charge >= 0.3 is 12.1 Å². The molecule has 0 radical (unpaired) electrons. The van der Waals surface area contributed by atoms with Gasteiger partial charge in [0.05, 0.1) is 6.42 Å². The van der Waals surface area contributed by atoms with Gasteiger partial charge < -0.3 is 10.2 Å². The van der Waals surface area contributed by atoms with Crippen molar-refractivity contribution in [1.29, 1.82) is 0 Å². The quantitative estimate of drug-likeness (QED) is 0.823. The highest BCUT2D eigenvalue weighted by Crippen LogP contribution is 2.21. The van der Waals surface area contributed by atoms with Gasteiger partial charge in [-0.3, -0.25) is 9.59 Å². The van der Waals surface area contributed by atoms with E-state index in [1.165, 1.54) is 6.92 Å². The minimum atomic E-state index is -4.91. The second-order valence-electron chi connectivity index (χ2n) is 6.17. The lowest BCUT2D eigenvalue weighted by Gasteiger charge is -2.22. The van der Waals surface area contributed by atoms with Gasteiger partial charge in [0, 0.05) is 18.8 Å². The van der Waals surface area contributed by atoms with Crippen LogP contribution in [0.3, 0.4) is 0 Å². The van der Waals surface area contributed by atoms with Crippen molar-refractivity contribution in [2.75, 3.05) is 11.9 Å². The first kappa shape index (κ1) is 20.5. The molecule has 0 atom stereocenters. The summed E-state index contributed by atoms with van der Waals surface area (Å²) in [5.41, 5.74) is 2.88. The van der Waals surface area contributed by atoms with Crippen LogP contribution < -0.4 is 5.32 Å². The van der Waals surface area contributed by atoms with E-state index in [0.717, 1.165) is 11.1 Å². The molecule has 0 aliphatic rings. The summed E-state index contributed by atoms with van der Waals surface area (Å²) in [6.07, 6.45) is -4.71. The maximum atomic E-state index is 12.6. The van der Waals surface area contributed by atoms with Crippen molar-refractivity contribution in [2.24, 2.45) is 0 Å². The first-order valence-corrected chi connectivity index (χ1v) is 8.50. The molecule has 7 heteroatoms. The third-order valence-corrected chi connectivity index (χ3v) is 4.11. The number of benzene rings is 2. The van der Waals surface area contributed by atoms with Crippen LogP contribution in [0.5, 0.6) is 0 Å². The van der Waals surface area contributed by atoms with Crippen LogP contribution in [-0.2, 0) is 22.6 Å². The summed E-state index contributed by atoms with van der Waals surface area (Å²) in [6, 6.07) is 14.0.